The monoisotopic (exact) mass is 553 g/mol. The number of halogens is 1. The van der Waals surface area contributed by atoms with Crippen LogP contribution in [-0.4, -0.2) is 78.1 Å². The summed E-state index contributed by atoms with van der Waals surface area (Å²) in [6.07, 6.45) is 3.79. The molecule has 0 aromatic heterocycles. The summed E-state index contributed by atoms with van der Waals surface area (Å²) in [5.74, 6) is -0.558. The molecule has 2 aliphatic heterocycles. The molecule has 3 aliphatic rings. The fraction of sp³-hybridized carbons (Fsp3) is 0.500. The summed E-state index contributed by atoms with van der Waals surface area (Å²) in [5, 5.41) is 0.626. The number of likely N-dealkylation sites (tertiary alicyclic amines) is 1. The average Bonchev–Trinajstić information content (AvgIpc) is 2.98. The normalized spacial score (nSPS) is 25.6. The highest BCUT2D eigenvalue weighted by Crippen LogP contribution is 2.38. The number of urea groups is 1. The molecule has 2 saturated heterocycles. The van der Waals surface area contributed by atoms with Crippen molar-refractivity contribution >= 4 is 29.4 Å². The minimum Gasteiger partial charge on any atom is -0.379 e. The zero-order valence-electron chi connectivity index (χ0n) is 22.6. The Morgan fingerprint density at radius 3 is 2.08 bits per heavy atom. The van der Waals surface area contributed by atoms with Crippen molar-refractivity contribution in [2.24, 2.45) is 5.92 Å². The largest absolute Gasteiger partial charge is 0.379 e. The quantitative estimate of drug-likeness (QED) is 0.495. The minimum atomic E-state index is -0.397. The number of benzene rings is 2. The molecule has 0 radical (unpaired) electrons. The third kappa shape index (κ3) is 5.83. The van der Waals surface area contributed by atoms with E-state index in [0.29, 0.717) is 30.0 Å². The lowest BCUT2D eigenvalue weighted by Gasteiger charge is -2.50. The van der Waals surface area contributed by atoms with E-state index in [-0.39, 0.29) is 42.6 Å². The number of carbonyl (C=O) groups excluding carboxylic acids is 3. The van der Waals surface area contributed by atoms with Crippen LogP contribution in [0.5, 0.6) is 0 Å². The number of hydrogen-bond donors (Lipinski definition) is 0. The minimum absolute atomic E-state index is 0.0314. The van der Waals surface area contributed by atoms with Crippen molar-refractivity contribution in [1.82, 2.24) is 14.7 Å². The van der Waals surface area contributed by atoms with Gasteiger partial charge in [0, 0.05) is 50.5 Å². The molecule has 208 valence electrons. The third-order valence-corrected chi connectivity index (χ3v) is 8.61. The van der Waals surface area contributed by atoms with Crippen molar-refractivity contribution in [3.8, 4) is 0 Å². The lowest BCUT2D eigenvalue weighted by atomic mass is 9.77. The lowest BCUT2D eigenvalue weighted by Crippen LogP contribution is -2.64. The van der Waals surface area contributed by atoms with Crippen LogP contribution in [0.4, 0.5) is 4.79 Å². The molecular weight excluding hydrogens is 518 g/mol. The number of piperidine rings is 1. The number of amides is 4. The topological polar surface area (TPSA) is 79.4 Å². The Morgan fingerprint density at radius 1 is 0.846 bits per heavy atom. The summed E-state index contributed by atoms with van der Waals surface area (Å²) >= 11 is 6.08. The first-order valence-electron chi connectivity index (χ1n) is 13.7. The number of hydrogen-bond acceptors (Lipinski definition) is 5. The fourth-order valence-electron chi connectivity index (χ4n) is 6.14. The van der Waals surface area contributed by atoms with Gasteiger partial charge in [0.2, 0.25) is 5.91 Å². The third-order valence-electron chi connectivity index (χ3n) is 8.36. The molecule has 2 aromatic rings. The number of rotatable bonds is 7. The molecule has 0 N–H and O–H groups in total. The summed E-state index contributed by atoms with van der Waals surface area (Å²) < 4.78 is 11.4. The number of imide groups is 1. The van der Waals surface area contributed by atoms with E-state index < -0.39 is 5.92 Å². The molecule has 39 heavy (non-hydrogen) atoms. The first-order chi connectivity index (χ1) is 18.9. The highest BCUT2D eigenvalue weighted by Gasteiger charge is 2.51. The van der Waals surface area contributed by atoms with E-state index in [2.05, 4.69) is 0 Å². The van der Waals surface area contributed by atoms with Crippen LogP contribution in [0.15, 0.2) is 48.5 Å². The van der Waals surface area contributed by atoms with Gasteiger partial charge in [0.1, 0.15) is 0 Å². The zero-order chi connectivity index (χ0) is 27.5. The van der Waals surface area contributed by atoms with Crippen LogP contribution in [0, 0.1) is 5.92 Å². The molecule has 3 fully saturated rings. The van der Waals surface area contributed by atoms with E-state index >= 15 is 0 Å². The van der Waals surface area contributed by atoms with Crippen molar-refractivity contribution < 1.29 is 23.9 Å². The Bertz CT molecular complexity index is 1180. The highest BCUT2D eigenvalue weighted by molar-refractivity contribution is 6.30. The molecular formula is C30H36ClN3O5. The van der Waals surface area contributed by atoms with Gasteiger partial charge in [-0.1, -0.05) is 35.9 Å². The molecule has 4 atom stereocenters. The molecule has 4 unspecified atom stereocenters. The molecule has 0 bridgehead atoms. The second kappa shape index (κ2) is 12.1. The van der Waals surface area contributed by atoms with Crippen LogP contribution in [-0.2, 0) is 27.4 Å². The van der Waals surface area contributed by atoms with Gasteiger partial charge in [-0.3, -0.25) is 14.5 Å². The maximum atomic E-state index is 13.9. The van der Waals surface area contributed by atoms with Crippen LogP contribution < -0.4 is 0 Å². The van der Waals surface area contributed by atoms with Crippen molar-refractivity contribution in [2.75, 3.05) is 27.3 Å². The molecule has 1 aliphatic carbocycles. The van der Waals surface area contributed by atoms with E-state index in [1.807, 2.05) is 29.2 Å². The number of ether oxygens (including phenoxy) is 2. The molecule has 2 heterocycles. The number of nitrogens with zero attached hydrogens (tertiary/aromatic N) is 3. The summed E-state index contributed by atoms with van der Waals surface area (Å²) in [5.41, 5.74) is 2.36. The van der Waals surface area contributed by atoms with Crippen molar-refractivity contribution in [1.29, 1.82) is 0 Å². The molecule has 1 saturated carbocycles. The van der Waals surface area contributed by atoms with Crippen molar-refractivity contribution in [3.05, 3.63) is 70.2 Å². The van der Waals surface area contributed by atoms with Crippen LogP contribution in [0.25, 0.3) is 0 Å². The average molecular weight is 554 g/mol. The fourth-order valence-corrected chi connectivity index (χ4v) is 6.27. The Hall–Kier alpha value is -2.94. The van der Waals surface area contributed by atoms with E-state index in [9.17, 15) is 14.4 Å². The predicted octanol–water partition coefficient (Wildman–Crippen LogP) is 4.74. The van der Waals surface area contributed by atoms with Gasteiger partial charge in [-0.2, -0.15) is 0 Å². The Morgan fingerprint density at radius 2 is 1.44 bits per heavy atom. The van der Waals surface area contributed by atoms with Crippen LogP contribution in [0.1, 0.15) is 53.6 Å². The summed E-state index contributed by atoms with van der Waals surface area (Å²) in [6.45, 7) is 2.07. The highest BCUT2D eigenvalue weighted by atomic mass is 35.5. The van der Waals surface area contributed by atoms with E-state index in [0.717, 1.165) is 43.5 Å². The molecule has 8 nitrogen and oxygen atoms in total. The van der Waals surface area contributed by atoms with Gasteiger partial charge in [0.25, 0.3) is 5.91 Å². The summed E-state index contributed by atoms with van der Waals surface area (Å²) in [7, 11) is 3.27. The van der Waals surface area contributed by atoms with Gasteiger partial charge in [-0.05, 0) is 67.5 Å². The predicted molar refractivity (Wildman–Crippen MR) is 147 cm³/mol. The number of methoxy groups -OCH3 is 2. The van der Waals surface area contributed by atoms with Gasteiger partial charge in [0.05, 0.1) is 24.7 Å². The standard InChI is InChI=1S/C30H36ClN3O5/c1-38-26-16-24-25(17-27(26)39-2)33(18-21-8-12-23(31)13-9-21)30(37)34(29(24)36)19-20-6-10-22(11-7-20)28(35)32-14-4-3-5-15-32/h6-13,24-27H,3-5,14-19H2,1-2H3. The smallest absolute Gasteiger partial charge is 0.327 e. The lowest BCUT2D eigenvalue weighted by molar-refractivity contribution is -0.152. The van der Waals surface area contributed by atoms with Crippen LogP contribution in [0.3, 0.4) is 0 Å². The Labute approximate surface area is 234 Å². The van der Waals surface area contributed by atoms with E-state index in [4.69, 9.17) is 21.1 Å². The molecule has 4 amide bonds. The Kier molecular flexibility index (Phi) is 8.54. The van der Waals surface area contributed by atoms with Gasteiger partial charge >= 0.3 is 6.03 Å². The number of fused-ring (bicyclic) bond motifs is 1. The molecule has 2 aromatic carbocycles. The second-order valence-electron chi connectivity index (χ2n) is 10.7. The van der Waals surface area contributed by atoms with E-state index in [1.165, 1.54) is 4.90 Å². The maximum Gasteiger partial charge on any atom is 0.327 e. The maximum absolute atomic E-state index is 13.9. The molecule has 5 rings (SSSR count). The molecule has 0 spiro atoms. The van der Waals surface area contributed by atoms with Gasteiger partial charge in [-0.25, -0.2) is 4.79 Å². The second-order valence-corrected chi connectivity index (χ2v) is 11.1. The van der Waals surface area contributed by atoms with Gasteiger partial charge in [0.15, 0.2) is 0 Å². The van der Waals surface area contributed by atoms with Crippen molar-refractivity contribution in [3.63, 3.8) is 0 Å². The first-order valence-corrected chi connectivity index (χ1v) is 14.1. The van der Waals surface area contributed by atoms with Crippen LogP contribution >= 0.6 is 11.6 Å². The van der Waals surface area contributed by atoms with Crippen LogP contribution in [0.2, 0.25) is 5.02 Å². The van der Waals surface area contributed by atoms with Gasteiger partial charge in [-0.15, -0.1) is 0 Å². The summed E-state index contributed by atoms with van der Waals surface area (Å²) in [6, 6.07) is 14.1. The SMILES string of the molecule is COC1CC2C(=O)N(Cc3ccc(C(=O)N4CCCCC4)cc3)C(=O)N(Cc3ccc(Cl)cc3)C2CC1OC. The van der Waals surface area contributed by atoms with Crippen molar-refractivity contribution in [2.45, 2.75) is 63.4 Å². The van der Waals surface area contributed by atoms with E-state index in [1.54, 1.807) is 43.4 Å². The molecule has 9 heteroatoms. The summed E-state index contributed by atoms with van der Waals surface area (Å²) in [4.78, 5) is 45.5. The zero-order valence-corrected chi connectivity index (χ0v) is 23.3. The number of carbonyl (C=O) groups is 3. The Balaban J connectivity index is 1.38. The van der Waals surface area contributed by atoms with Gasteiger partial charge < -0.3 is 19.3 Å². The first kappa shape index (κ1) is 27.6.